The Hall–Kier alpha value is -1.55. The molecular formula is C15H20O4. The minimum atomic E-state index is -0.882. The van der Waals surface area contributed by atoms with Gasteiger partial charge in [0.05, 0.1) is 13.2 Å². The largest absolute Gasteiger partial charge is 0.490 e. The van der Waals surface area contributed by atoms with Crippen LogP contribution < -0.4 is 9.47 Å². The maximum Gasteiger partial charge on any atom is 0.191 e. The summed E-state index contributed by atoms with van der Waals surface area (Å²) in [6, 6.07) is 5.06. The molecule has 4 nitrogen and oxygen atoms in total. The normalized spacial score (nSPS) is 15.9. The van der Waals surface area contributed by atoms with Crippen LogP contribution in [0.25, 0.3) is 0 Å². The highest BCUT2D eigenvalue weighted by Gasteiger charge is 2.35. The maximum absolute atomic E-state index is 12.1. The summed E-state index contributed by atoms with van der Waals surface area (Å²) in [5.74, 6) is 1.08. The zero-order valence-corrected chi connectivity index (χ0v) is 11.4. The van der Waals surface area contributed by atoms with Gasteiger partial charge in [-0.25, -0.2) is 0 Å². The van der Waals surface area contributed by atoms with Crippen LogP contribution in [0.2, 0.25) is 0 Å². The fourth-order valence-electron chi connectivity index (χ4n) is 2.00. The maximum atomic E-state index is 12.1. The smallest absolute Gasteiger partial charge is 0.191 e. The molecule has 2 rings (SSSR count). The molecule has 1 saturated carbocycles. The number of carbonyl (C=O) groups is 1. The second-order valence-corrected chi connectivity index (χ2v) is 4.67. The third kappa shape index (κ3) is 3.26. The van der Waals surface area contributed by atoms with Crippen molar-refractivity contribution in [2.75, 3.05) is 13.2 Å². The van der Waals surface area contributed by atoms with Gasteiger partial charge in [0, 0.05) is 5.56 Å². The molecule has 1 aromatic rings. The fourth-order valence-corrected chi connectivity index (χ4v) is 2.00. The van der Waals surface area contributed by atoms with Crippen LogP contribution in [0.4, 0.5) is 0 Å². The van der Waals surface area contributed by atoms with E-state index >= 15 is 0 Å². The Morgan fingerprint density at radius 1 is 1.26 bits per heavy atom. The predicted molar refractivity (Wildman–Crippen MR) is 71.8 cm³/mol. The molecular weight excluding hydrogens is 244 g/mol. The molecule has 0 saturated heterocycles. The fraction of sp³-hybridized carbons (Fsp3) is 0.533. The zero-order valence-electron chi connectivity index (χ0n) is 11.4. The van der Waals surface area contributed by atoms with Gasteiger partial charge in [-0.1, -0.05) is 0 Å². The zero-order chi connectivity index (χ0) is 13.8. The lowest BCUT2D eigenvalue weighted by atomic mass is 10.0. The highest BCUT2D eigenvalue weighted by Crippen LogP contribution is 2.35. The van der Waals surface area contributed by atoms with Crippen LogP contribution in [0, 0.1) is 5.92 Å². The number of Topliss-reactive ketones (excluding diaryl/α,β-unsaturated/α-hetero) is 1. The van der Waals surface area contributed by atoms with Crippen LogP contribution in [0.1, 0.15) is 37.0 Å². The second kappa shape index (κ2) is 6.06. The van der Waals surface area contributed by atoms with Gasteiger partial charge in [-0.3, -0.25) is 4.79 Å². The number of ketones is 1. The molecule has 19 heavy (non-hydrogen) atoms. The SMILES string of the molecule is CCOc1ccc(C(=O)C(O)C2CC2)cc1OCC. The van der Waals surface area contributed by atoms with Gasteiger partial charge in [0.1, 0.15) is 6.10 Å². The minimum absolute atomic E-state index is 0.134. The van der Waals surface area contributed by atoms with E-state index in [2.05, 4.69) is 0 Å². The molecule has 1 aliphatic rings. The summed E-state index contributed by atoms with van der Waals surface area (Å²) in [6.07, 6.45) is 0.984. The van der Waals surface area contributed by atoms with Gasteiger partial charge >= 0.3 is 0 Å². The van der Waals surface area contributed by atoms with Crippen molar-refractivity contribution in [3.05, 3.63) is 23.8 Å². The highest BCUT2D eigenvalue weighted by atomic mass is 16.5. The van der Waals surface area contributed by atoms with Crippen molar-refractivity contribution >= 4 is 5.78 Å². The standard InChI is InChI=1S/C15H20O4/c1-3-18-12-8-7-11(9-13(12)19-4-2)15(17)14(16)10-5-6-10/h7-10,14,16H,3-6H2,1-2H3. The van der Waals surface area contributed by atoms with Crippen molar-refractivity contribution in [1.82, 2.24) is 0 Å². The molecule has 1 aromatic carbocycles. The van der Waals surface area contributed by atoms with Crippen molar-refractivity contribution in [3.8, 4) is 11.5 Å². The summed E-state index contributed by atoms with van der Waals surface area (Å²) >= 11 is 0. The lowest BCUT2D eigenvalue weighted by molar-refractivity contribution is 0.0703. The summed E-state index contributed by atoms with van der Waals surface area (Å²) in [5, 5.41) is 9.88. The van der Waals surface area contributed by atoms with E-state index in [0.29, 0.717) is 30.3 Å². The molecule has 1 aliphatic carbocycles. The summed E-state index contributed by atoms with van der Waals surface area (Å²) in [4.78, 5) is 12.1. The summed E-state index contributed by atoms with van der Waals surface area (Å²) < 4.78 is 10.9. The number of carbonyl (C=O) groups excluding carboxylic acids is 1. The van der Waals surface area contributed by atoms with Crippen LogP contribution in [-0.2, 0) is 0 Å². The first-order valence-corrected chi connectivity index (χ1v) is 6.79. The van der Waals surface area contributed by atoms with E-state index in [1.807, 2.05) is 13.8 Å². The molecule has 4 heteroatoms. The molecule has 1 fully saturated rings. The second-order valence-electron chi connectivity index (χ2n) is 4.67. The Morgan fingerprint density at radius 3 is 2.47 bits per heavy atom. The van der Waals surface area contributed by atoms with Gasteiger partial charge in [0.25, 0.3) is 0 Å². The molecule has 0 aromatic heterocycles. The number of aliphatic hydroxyl groups is 1. The van der Waals surface area contributed by atoms with Crippen LogP contribution in [0.3, 0.4) is 0 Å². The molecule has 1 N–H and O–H groups in total. The molecule has 0 aliphatic heterocycles. The van der Waals surface area contributed by atoms with Crippen LogP contribution >= 0.6 is 0 Å². The molecule has 0 heterocycles. The van der Waals surface area contributed by atoms with Gasteiger partial charge in [-0.2, -0.15) is 0 Å². The Kier molecular flexibility index (Phi) is 4.43. The van der Waals surface area contributed by atoms with Crippen molar-refractivity contribution < 1.29 is 19.4 Å². The molecule has 0 amide bonds. The third-order valence-electron chi connectivity index (χ3n) is 3.17. The van der Waals surface area contributed by atoms with E-state index in [-0.39, 0.29) is 11.7 Å². The Morgan fingerprint density at radius 2 is 1.89 bits per heavy atom. The van der Waals surface area contributed by atoms with Gasteiger partial charge in [-0.05, 0) is 50.8 Å². The third-order valence-corrected chi connectivity index (χ3v) is 3.17. The number of benzene rings is 1. The van der Waals surface area contributed by atoms with E-state index in [4.69, 9.17) is 9.47 Å². The first kappa shape index (κ1) is 13.9. The Balaban J connectivity index is 2.20. The van der Waals surface area contributed by atoms with E-state index < -0.39 is 6.10 Å². The molecule has 104 valence electrons. The molecule has 0 spiro atoms. The first-order chi connectivity index (χ1) is 9.17. The van der Waals surface area contributed by atoms with E-state index in [1.165, 1.54) is 0 Å². The Bertz CT molecular complexity index is 451. The lowest BCUT2D eigenvalue weighted by Gasteiger charge is -2.13. The van der Waals surface area contributed by atoms with Crippen molar-refractivity contribution in [3.63, 3.8) is 0 Å². The number of rotatable bonds is 7. The summed E-state index contributed by atoms with van der Waals surface area (Å²) in [6.45, 7) is 4.82. The van der Waals surface area contributed by atoms with Crippen LogP contribution in [0.5, 0.6) is 11.5 Å². The number of hydrogen-bond donors (Lipinski definition) is 1. The molecule has 1 atom stereocenters. The van der Waals surface area contributed by atoms with Gasteiger partial charge in [0.15, 0.2) is 17.3 Å². The lowest BCUT2D eigenvalue weighted by Crippen LogP contribution is -2.22. The monoisotopic (exact) mass is 264 g/mol. The Labute approximate surface area is 113 Å². The summed E-state index contributed by atoms with van der Waals surface area (Å²) in [5.41, 5.74) is 0.478. The predicted octanol–water partition coefficient (Wildman–Crippen LogP) is 2.44. The quantitative estimate of drug-likeness (QED) is 0.768. The first-order valence-electron chi connectivity index (χ1n) is 6.79. The van der Waals surface area contributed by atoms with E-state index in [1.54, 1.807) is 18.2 Å². The molecule has 0 radical (unpaired) electrons. The number of ether oxygens (including phenoxy) is 2. The average Bonchev–Trinajstić information content (AvgIpc) is 3.24. The average molecular weight is 264 g/mol. The van der Waals surface area contributed by atoms with Gasteiger partial charge in [0.2, 0.25) is 0 Å². The number of hydrogen-bond acceptors (Lipinski definition) is 4. The topological polar surface area (TPSA) is 55.8 Å². The molecule has 0 bridgehead atoms. The van der Waals surface area contributed by atoms with E-state index in [9.17, 15) is 9.90 Å². The van der Waals surface area contributed by atoms with Crippen molar-refractivity contribution in [2.24, 2.45) is 5.92 Å². The number of aliphatic hydroxyl groups excluding tert-OH is 1. The van der Waals surface area contributed by atoms with E-state index in [0.717, 1.165) is 12.8 Å². The van der Waals surface area contributed by atoms with Gasteiger partial charge < -0.3 is 14.6 Å². The minimum Gasteiger partial charge on any atom is -0.490 e. The summed E-state index contributed by atoms with van der Waals surface area (Å²) in [7, 11) is 0. The highest BCUT2D eigenvalue weighted by molar-refractivity contribution is 6.00. The van der Waals surface area contributed by atoms with Crippen molar-refractivity contribution in [1.29, 1.82) is 0 Å². The van der Waals surface area contributed by atoms with Crippen molar-refractivity contribution in [2.45, 2.75) is 32.8 Å². The van der Waals surface area contributed by atoms with Crippen LogP contribution in [-0.4, -0.2) is 30.2 Å². The van der Waals surface area contributed by atoms with Gasteiger partial charge in [-0.15, -0.1) is 0 Å². The molecule has 1 unspecified atom stereocenters. The van der Waals surface area contributed by atoms with Crippen LogP contribution in [0.15, 0.2) is 18.2 Å².